The summed E-state index contributed by atoms with van der Waals surface area (Å²) in [5.41, 5.74) is 0.916. The Bertz CT molecular complexity index is 531. The Labute approximate surface area is 85.6 Å². The van der Waals surface area contributed by atoms with E-state index in [2.05, 4.69) is 0 Å². The van der Waals surface area contributed by atoms with E-state index in [1.807, 2.05) is 25.1 Å². The molecule has 2 rings (SSSR count). The monoisotopic (exact) mass is 198 g/mol. The van der Waals surface area contributed by atoms with Crippen molar-refractivity contribution in [1.82, 2.24) is 0 Å². The highest BCUT2D eigenvalue weighted by molar-refractivity contribution is 7.19. The fourth-order valence-corrected chi connectivity index (χ4v) is 2.35. The number of rotatable bonds is 0. The van der Waals surface area contributed by atoms with E-state index in [0.29, 0.717) is 11.1 Å². The molecule has 0 amide bonds. The highest BCUT2D eigenvalue weighted by Gasteiger charge is 2.05. The molecule has 2 nitrogen and oxygen atoms in total. The number of fused-ring (bicyclic) bond motifs is 1. The maximum Gasteiger partial charge on any atom is 0.101 e. The van der Waals surface area contributed by atoms with Gasteiger partial charge in [0, 0.05) is 9.58 Å². The second-order valence-corrected chi connectivity index (χ2v) is 4.30. The zero-order chi connectivity index (χ0) is 10.1. The maximum absolute atomic E-state index is 8.82. The van der Waals surface area contributed by atoms with Gasteiger partial charge in [0.05, 0.1) is 11.1 Å². The van der Waals surface area contributed by atoms with Crippen LogP contribution in [0.25, 0.3) is 10.1 Å². The fraction of sp³-hybridized carbons (Fsp3) is 0.0909. The number of benzene rings is 1. The average Bonchev–Trinajstić information content (AvgIpc) is 2.54. The first-order valence-corrected chi connectivity index (χ1v) is 4.90. The Morgan fingerprint density at radius 3 is 2.36 bits per heavy atom. The molecule has 0 radical (unpaired) electrons. The smallest absolute Gasteiger partial charge is 0.101 e. The van der Waals surface area contributed by atoms with Gasteiger partial charge in [-0.15, -0.1) is 11.3 Å². The number of aryl methyl sites for hydroxylation is 1. The Hall–Kier alpha value is -1.84. The summed E-state index contributed by atoms with van der Waals surface area (Å²) in [6, 6.07) is 9.65. The highest BCUT2D eigenvalue weighted by Crippen LogP contribution is 2.27. The van der Waals surface area contributed by atoms with E-state index in [1.54, 1.807) is 23.5 Å². The van der Waals surface area contributed by atoms with Crippen LogP contribution in [0, 0.1) is 29.6 Å². The van der Waals surface area contributed by atoms with Gasteiger partial charge in [-0.05, 0) is 30.5 Å². The van der Waals surface area contributed by atoms with E-state index >= 15 is 0 Å². The van der Waals surface area contributed by atoms with Crippen LogP contribution in [0.4, 0.5) is 0 Å². The van der Waals surface area contributed by atoms with Gasteiger partial charge in [-0.1, -0.05) is 0 Å². The molecule has 2 aromatic rings. The van der Waals surface area contributed by atoms with Crippen LogP contribution in [0.2, 0.25) is 0 Å². The predicted octanol–water partition coefficient (Wildman–Crippen LogP) is 2.95. The lowest BCUT2D eigenvalue weighted by atomic mass is 10.1. The molecule has 66 valence electrons. The molecule has 0 N–H and O–H groups in total. The Balaban J connectivity index is 2.84. The molecule has 0 saturated carbocycles. The summed E-state index contributed by atoms with van der Waals surface area (Å²) in [4.78, 5) is 1.19. The Morgan fingerprint density at radius 1 is 1.07 bits per heavy atom. The minimum atomic E-state index is 0.456. The molecule has 0 aliphatic heterocycles. The standard InChI is InChI=1S/C11H6N2S/c1-7-2-8-3-9(5-12)10(6-13)4-11(8)14-7/h2-4H,1H3. The first-order valence-electron chi connectivity index (χ1n) is 4.09. The van der Waals surface area contributed by atoms with E-state index in [4.69, 9.17) is 10.5 Å². The minimum absolute atomic E-state index is 0.456. The third-order valence-corrected chi connectivity index (χ3v) is 3.03. The first-order chi connectivity index (χ1) is 6.74. The second-order valence-electron chi connectivity index (χ2n) is 3.02. The van der Waals surface area contributed by atoms with E-state index in [9.17, 15) is 0 Å². The molecule has 0 unspecified atom stereocenters. The van der Waals surface area contributed by atoms with E-state index in [0.717, 1.165) is 10.1 Å². The van der Waals surface area contributed by atoms with Crippen LogP contribution in [-0.2, 0) is 0 Å². The summed E-state index contributed by atoms with van der Waals surface area (Å²) in [6.45, 7) is 2.02. The lowest BCUT2D eigenvalue weighted by molar-refractivity contribution is 1.45. The van der Waals surface area contributed by atoms with E-state index in [1.165, 1.54) is 4.88 Å². The van der Waals surface area contributed by atoms with Gasteiger partial charge in [0.15, 0.2) is 0 Å². The molecule has 0 atom stereocenters. The summed E-state index contributed by atoms with van der Waals surface area (Å²) in [5.74, 6) is 0. The van der Waals surface area contributed by atoms with Gasteiger partial charge >= 0.3 is 0 Å². The summed E-state index contributed by atoms with van der Waals surface area (Å²) in [6.07, 6.45) is 0. The summed E-state index contributed by atoms with van der Waals surface area (Å²) in [5, 5.41) is 18.7. The lowest BCUT2D eigenvalue weighted by Crippen LogP contribution is -1.81. The number of nitriles is 2. The second kappa shape index (κ2) is 3.14. The third kappa shape index (κ3) is 1.25. The van der Waals surface area contributed by atoms with Crippen LogP contribution in [0.15, 0.2) is 18.2 Å². The van der Waals surface area contributed by atoms with Crippen molar-refractivity contribution in [3.05, 3.63) is 34.2 Å². The highest BCUT2D eigenvalue weighted by atomic mass is 32.1. The van der Waals surface area contributed by atoms with Crippen molar-refractivity contribution in [2.75, 3.05) is 0 Å². The number of nitrogens with zero attached hydrogens (tertiary/aromatic N) is 2. The molecule has 1 heterocycles. The van der Waals surface area contributed by atoms with Gasteiger partial charge in [-0.3, -0.25) is 0 Å². The molecule has 0 saturated heterocycles. The summed E-state index contributed by atoms with van der Waals surface area (Å²) >= 11 is 1.64. The number of hydrogen-bond donors (Lipinski definition) is 0. The topological polar surface area (TPSA) is 47.6 Å². The van der Waals surface area contributed by atoms with Gasteiger partial charge in [0.25, 0.3) is 0 Å². The van der Waals surface area contributed by atoms with E-state index in [-0.39, 0.29) is 0 Å². The molecule has 0 aliphatic carbocycles. The lowest BCUT2D eigenvalue weighted by Gasteiger charge is -1.93. The third-order valence-electron chi connectivity index (χ3n) is 2.02. The van der Waals surface area contributed by atoms with Crippen LogP contribution in [-0.4, -0.2) is 0 Å². The van der Waals surface area contributed by atoms with Crippen molar-refractivity contribution in [3.63, 3.8) is 0 Å². The van der Waals surface area contributed by atoms with Crippen molar-refractivity contribution >= 4 is 21.4 Å². The predicted molar refractivity (Wildman–Crippen MR) is 56.0 cm³/mol. The number of hydrogen-bond acceptors (Lipinski definition) is 3. The molecule has 0 bridgehead atoms. The molecular weight excluding hydrogens is 192 g/mol. The quantitative estimate of drug-likeness (QED) is 0.653. The first kappa shape index (κ1) is 8.74. The van der Waals surface area contributed by atoms with Gasteiger partial charge < -0.3 is 0 Å². The Kier molecular flexibility index (Phi) is 1.96. The zero-order valence-electron chi connectivity index (χ0n) is 7.53. The molecule has 1 aromatic heterocycles. The molecule has 0 aliphatic rings. The SMILES string of the molecule is Cc1cc2cc(C#N)c(C#N)cc2s1. The fourth-order valence-electron chi connectivity index (χ4n) is 1.40. The van der Waals surface area contributed by atoms with Crippen LogP contribution < -0.4 is 0 Å². The van der Waals surface area contributed by atoms with Crippen molar-refractivity contribution in [1.29, 1.82) is 10.5 Å². The zero-order valence-corrected chi connectivity index (χ0v) is 8.35. The normalized spacial score (nSPS) is 9.64. The molecule has 0 spiro atoms. The van der Waals surface area contributed by atoms with Crippen LogP contribution in [0.1, 0.15) is 16.0 Å². The Morgan fingerprint density at radius 2 is 1.71 bits per heavy atom. The van der Waals surface area contributed by atoms with Crippen LogP contribution >= 0.6 is 11.3 Å². The van der Waals surface area contributed by atoms with Crippen LogP contribution in [0.5, 0.6) is 0 Å². The summed E-state index contributed by atoms with van der Waals surface area (Å²) in [7, 11) is 0. The molecular formula is C11H6N2S. The maximum atomic E-state index is 8.82. The molecule has 3 heteroatoms. The molecule has 0 fully saturated rings. The van der Waals surface area contributed by atoms with Gasteiger partial charge in [0.1, 0.15) is 12.1 Å². The summed E-state index contributed by atoms with van der Waals surface area (Å²) < 4.78 is 1.07. The van der Waals surface area contributed by atoms with Crippen molar-refractivity contribution in [2.45, 2.75) is 6.92 Å². The van der Waals surface area contributed by atoms with E-state index < -0.39 is 0 Å². The van der Waals surface area contributed by atoms with Gasteiger partial charge in [-0.2, -0.15) is 10.5 Å². The van der Waals surface area contributed by atoms with Crippen molar-refractivity contribution in [3.8, 4) is 12.1 Å². The van der Waals surface area contributed by atoms with Crippen LogP contribution in [0.3, 0.4) is 0 Å². The molecule has 1 aromatic carbocycles. The average molecular weight is 198 g/mol. The minimum Gasteiger partial charge on any atom is -0.192 e. The number of thiophene rings is 1. The largest absolute Gasteiger partial charge is 0.192 e. The van der Waals surface area contributed by atoms with Gasteiger partial charge in [0.2, 0.25) is 0 Å². The van der Waals surface area contributed by atoms with Gasteiger partial charge in [-0.25, -0.2) is 0 Å². The van der Waals surface area contributed by atoms with Crippen molar-refractivity contribution in [2.24, 2.45) is 0 Å². The molecule has 14 heavy (non-hydrogen) atoms. The van der Waals surface area contributed by atoms with Crippen molar-refractivity contribution < 1.29 is 0 Å².